The van der Waals surface area contributed by atoms with Crippen molar-refractivity contribution in [1.82, 2.24) is 19.5 Å². The molecule has 0 radical (unpaired) electrons. The number of hydrogen-bond donors (Lipinski definition) is 1. The van der Waals surface area contributed by atoms with Crippen LogP contribution in [0.2, 0.25) is 0 Å². The molecule has 0 atom stereocenters. The standard InChI is InChI=1S/C19H23N5O/c1-4-5-11-19(2,3)24-13-22-15-16(20-12-21-17(15)24)23-18(25)14-9-7-6-8-10-14/h6-10,12-13H,4-5,11H2,1-3H3,(H,20,21,23,25). The molecular weight excluding hydrogens is 314 g/mol. The molecule has 2 heterocycles. The van der Waals surface area contributed by atoms with E-state index in [0.29, 0.717) is 16.9 Å². The number of anilines is 1. The summed E-state index contributed by atoms with van der Waals surface area (Å²) in [6.45, 7) is 6.53. The van der Waals surface area contributed by atoms with Gasteiger partial charge in [-0.25, -0.2) is 15.0 Å². The molecule has 6 nitrogen and oxygen atoms in total. The zero-order valence-corrected chi connectivity index (χ0v) is 14.9. The van der Waals surface area contributed by atoms with Gasteiger partial charge in [0.05, 0.1) is 6.33 Å². The lowest BCUT2D eigenvalue weighted by molar-refractivity contribution is 0.102. The van der Waals surface area contributed by atoms with Gasteiger partial charge in [-0.1, -0.05) is 38.0 Å². The van der Waals surface area contributed by atoms with Gasteiger partial charge in [0.25, 0.3) is 5.91 Å². The first-order valence-corrected chi connectivity index (χ1v) is 8.58. The number of rotatable bonds is 6. The maximum atomic E-state index is 12.4. The number of unbranched alkanes of at least 4 members (excludes halogenated alkanes) is 1. The molecule has 1 amide bonds. The highest BCUT2D eigenvalue weighted by atomic mass is 16.1. The molecule has 1 N–H and O–H groups in total. The van der Waals surface area contributed by atoms with Crippen LogP contribution in [0, 0.1) is 0 Å². The van der Waals surface area contributed by atoms with Gasteiger partial charge in [0, 0.05) is 11.1 Å². The third-order valence-electron chi connectivity index (χ3n) is 4.40. The number of nitrogens with zero attached hydrogens (tertiary/aromatic N) is 4. The molecule has 0 bridgehead atoms. The topological polar surface area (TPSA) is 72.7 Å². The van der Waals surface area contributed by atoms with Crippen molar-refractivity contribution in [2.24, 2.45) is 0 Å². The Hall–Kier alpha value is -2.76. The van der Waals surface area contributed by atoms with Crippen LogP contribution in [0.1, 0.15) is 50.4 Å². The van der Waals surface area contributed by atoms with Crippen molar-refractivity contribution in [3.8, 4) is 0 Å². The number of amides is 1. The van der Waals surface area contributed by atoms with E-state index in [2.05, 4.69) is 45.6 Å². The monoisotopic (exact) mass is 337 g/mol. The molecule has 6 heteroatoms. The maximum Gasteiger partial charge on any atom is 0.256 e. The Morgan fingerprint density at radius 3 is 2.64 bits per heavy atom. The van der Waals surface area contributed by atoms with Gasteiger partial charge in [0.1, 0.15) is 6.33 Å². The van der Waals surface area contributed by atoms with E-state index in [1.54, 1.807) is 18.5 Å². The van der Waals surface area contributed by atoms with Crippen LogP contribution in [0.4, 0.5) is 5.82 Å². The minimum atomic E-state index is -0.208. The summed E-state index contributed by atoms with van der Waals surface area (Å²) in [5, 5.41) is 2.84. The van der Waals surface area contributed by atoms with E-state index in [4.69, 9.17) is 0 Å². The first-order valence-electron chi connectivity index (χ1n) is 8.58. The predicted octanol–water partition coefficient (Wildman–Crippen LogP) is 4.00. The van der Waals surface area contributed by atoms with Crippen LogP contribution in [0.3, 0.4) is 0 Å². The molecule has 0 aliphatic heterocycles. The van der Waals surface area contributed by atoms with E-state index in [0.717, 1.165) is 24.9 Å². The largest absolute Gasteiger partial charge is 0.309 e. The lowest BCUT2D eigenvalue weighted by Crippen LogP contribution is -2.25. The van der Waals surface area contributed by atoms with Crippen molar-refractivity contribution in [3.05, 3.63) is 48.5 Å². The molecule has 0 aliphatic carbocycles. The number of carbonyl (C=O) groups excluding carboxylic acids is 1. The summed E-state index contributed by atoms with van der Waals surface area (Å²) in [5.74, 6) is 0.226. The van der Waals surface area contributed by atoms with E-state index >= 15 is 0 Å². The van der Waals surface area contributed by atoms with Gasteiger partial charge in [0.15, 0.2) is 17.0 Å². The van der Waals surface area contributed by atoms with Crippen LogP contribution in [-0.4, -0.2) is 25.4 Å². The quantitative estimate of drug-likeness (QED) is 0.738. The highest BCUT2D eigenvalue weighted by molar-refractivity contribution is 6.06. The Morgan fingerprint density at radius 2 is 1.92 bits per heavy atom. The summed E-state index contributed by atoms with van der Waals surface area (Å²) in [4.78, 5) is 25.5. The van der Waals surface area contributed by atoms with Crippen LogP contribution in [-0.2, 0) is 5.54 Å². The summed E-state index contributed by atoms with van der Waals surface area (Å²) < 4.78 is 2.07. The number of imidazole rings is 1. The molecular formula is C19H23N5O. The highest BCUT2D eigenvalue weighted by Gasteiger charge is 2.24. The third kappa shape index (κ3) is 3.52. The number of carbonyl (C=O) groups is 1. The van der Waals surface area contributed by atoms with Gasteiger partial charge in [-0.2, -0.15) is 0 Å². The molecule has 0 aliphatic rings. The lowest BCUT2D eigenvalue weighted by Gasteiger charge is -2.26. The van der Waals surface area contributed by atoms with E-state index in [9.17, 15) is 4.79 Å². The summed E-state index contributed by atoms with van der Waals surface area (Å²) in [5.41, 5.74) is 1.83. The van der Waals surface area contributed by atoms with Gasteiger partial charge in [0.2, 0.25) is 0 Å². The number of nitrogens with one attached hydrogen (secondary N) is 1. The summed E-state index contributed by atoms with van der Waals surface area (Å²) >= 11 is 0. The van der Waals surface area contributed by atoms with Gasteiger partial charge in [-0.05, 0) is 32.4 Å². The zero-order valence-electron chi connectivity index (χ0n) is 14.9. The van der Waals surface area contributed by atoms with Crippen molar-refractivity contribution < 1.29 is 4.79 Å². The number of aromatic nitrogens is 4. The first-order chi connectivity index (χ1) is 12.0. The lowest BCUT2D eigenvalue weighted by atomic mass is 9.97. The summed E-state index contributed by atoms with van der Waals surface area (Å²) in [6.07, 6.45) is 6.56. The Balaban J connectivity index is 1.92. The van der Waals surface area contributed by atoms with Crippen LogP contribution in [0.5, 0.6) is 0 Å². The van der Waals surface area contributed by atoms with Gasteiger partial charge in [-0.3, -0.25) is 4.79 Å². The molecule has 0 fully saturated rings. The molecule has 3 rings (SSSR count). The van der Waals surface area contributed by atoms with E-state index < -0.39 is 0 Å². The Morgan fingerprint density at radius 1 is 1.16 bits per heavy atom. The SMILES string of the molecule is CCCCC(C)(C)n1cnc2c(NC(=O)c3ccccc3)ncnc21. The number of hydrogen-bond acceptors (Lipinski definition) is 4. The second-order valence-corrected chi connectivity index (χ2v) is 6.75. The van der Waals surface area contributed by atoms with Gasteiger partial charge >= 0.3 is 0 Å². The normalized spacial score (nSPS) is 11.6. The van der Waals surface area contributed by atoms with Crippen molar-refractivity contribution in [2.45, 2.75) is 45.6 Å². The molecule has 1 aromatic carbocycles. The predicted molar refractivity (Wildman–Crippen MR) is 98.6 cm³/mol. The summed E-state index contributed by atoms with van der Waals surface area (Å²) in [7, 11) is 0. The molecule has 0 saturated carbocycles. The zero-order chi connectivity index (χ0) is 17.9. The number of benzene rings is 1. The fraction of sp³-hybridized carbons (Fsp3) is 0.368. The third-order valence-corrected chi connectivity index (χ3v) is 4.40. The summed E-state index contributed by atoms with van der Waals surface area (Å²) in [6, 6.07) is 9.06. The molecule has 0 saturated heterocycles. The van der Waals surface area contributed by atoms with Crippen molar-refractivity contribution in [3.63, 3.8) is 0 Å². The van der Waals surface area contributed by atoms with Crippen molar-refractivity contribution in [1.29, 1.82) is 0 Å². The Kier molecular flexibility index (Phi) is 4.79. The van der Waals surface area contributed by atoms with Crippen molar-refractivity contribution >= 4 is 22.9 Å². The minimum absolute atomic E-state index is 0.0974. The van der Waals surface area contributed by atoms with Gasteiger partial charge in [-0.15, -0.1) is 0 Å². The van der Waals surface area contributed by atoms with E-state index in [-0.39, 0.29) is 11.4 Å². The van der Waals surface area contributed by atoms with Crippen LogP contribution >= 0.6 is 0 Å². The Bertz CT molecular complexity index is 870. The maximum absolute atomic E-state index is 12.4. The fourth-order valence-corrected chi connectivity index (χ4v) is 2.87. The van der Waals surface area contributed by atoms with Crippen LogP contribution in [0.15, 0.2) is 43.0 Å². The van der Waals surface area contributed by atoms with Crippen LogP contribution in [0.25, 0.3) is 11.2 Å². The average Bonchev–Trinajstić information content (AvgIpc) is 3.07. The smallest absolute Gasteiger partial charge is 0.256 e. The second-order valence-electron chi connectivity index (χ2n) is 6.75. The van der Waals surface area contributed by atoms with Crippen molar-refractivity contribution in [2.75, 3.05) is 5.32 Å². The second kappa shape index (κ2) is 7.01. The molecule has 0 unspecified atom stereocenters. The van der Waals surface area contributed by atoms with Crippen LogP contribution < -0.4 is 5.32 Å². The number of fused-ring (bicyclic) bond motifs is 1. The molecule has 0 spiro atoms. The minimum Gasteiger partial charge on any atom is -0.309 e. The highest BCUT2D eigenvalue weighted by Crippen LogP contribution is 2.28. The molecule has 25 heavy (non-hydrogen) atoms. The average molecular weight is 337 g/mol. The van der Waals surface area contributed by atoms with E-state index in [1.807, 2.05) is 18.2 Å². The Labute approximate surface area is 147 Å². The first kappa shape index (κ1) is 17.1. The van der Waals surface area contributed by atoms with Gasteiger partial charge < -0.3 is 9.88 Å². The van der Waals surface area contributed by atoms with E-state index in [1.165, 1.54) is 6.33 Å². The molecule has 2 aromatic heterocycles. The molecule has 130 valence electrons. The molecule has 3 aromatic rings. The fourth-order valence-electron chi connectivity index (χ4n) is 2.87.